The fourth-order valence-electron chi connectivity index (χ4n) is 2.32. The summed E-state index contributed by atoms with van der Waals surface area (Å²) >= 11 is 1.70. The number of rotatable bonds is 6. The van der Waals surface area contributed by atoms with Crippen molar-refractivity contribution in [2.75, 3.05) is 24.6 Å². The summed E-state index contributed by atoms with van der Waals surface area (Å²) in [5, 5.41) is 11.5. The monoisotopic (exact) mass is 375 g/mol. The Kier molecular flexibility index (Phi) is 5.94. The summed E-state index contributed by atoms with van der Waals surface area (Å²) in [6.45, 7) is 4.23. The highest BCUT2D eigenvalue weighted by atomic mass is 32.2. The lowest BCUT2D eigenvalue weighted by Crippen LogP contribution is -2.44. The molecule has 1 aliphatic heterocycles. The van der Waals surface area contributed by atoms with E-state index in [2.05, 4.69) is 10.3 Å². The zero-order valence-electron chi connectivity index (χ0n) is 13.5. The number of carboxylic acids is 1. The number of carbonyl (C=O) groups is 2. The van der Waals surface area contributed by atoms with Crippen LogP contribution in [0.2, 0.25) is 0 Å². The fourth-order valence-corrected chi connectivity index (χ4v) is 4.89. The maximum absolute atomic E-state index is 12.5. The highest BCUT2D eigenvalue weighted by Crippen LogP contribution is 2.21. The smallest absolute Gasteiger partial charge is 0.326 e. The molecule has 0 bridgehead atoms. The maximum atomic E-state index is 12.5. The van der Waals surface area contributed by atoms with Crippen LogP contribution in [0.3, 0.4) is 0 Å². The lowest BCUT2D eigenvalue weighted by atomic mass is 10.0. The molecule has 1 saturated heterocycles. The van der Waals surface area contributed by atoms with Gasteiger partial charge < -0.3 is 15.4 Å². The molecule has 1 amide bonds. The van der Waals surface area contributed by atoms with E-state index in [1.165, 1.54) is 16.6 Å². The summed E-state index contributed by atoms with van der Waals surface area (Å²) in [5.41, 5.74) is 0.0202. The van der Waals surface area contributed by atoms with Crippen molar-refractivity contribution in [1.82, 2.24) is 14.6 Å². The number of aromatic nitrogens is 1. The van der Waals surface area contributed by atoms with Crippen LogP contribution in [-0.4, -0.2) is 65.3 Å². The average molecular weight is 375 g/mol. The third-order valence-corrected chi connectivity index (χ3v) is 6.55. The number of aromatic amines is 1. The van der Waals surface area contributed by atoms with Gasteiger partial charge in [-0.3, -0.25) is 4.79 Å². The summed E-state index contributed by atoms with van der Waals surface area (Å²) < 4.78 is 26.5. The number of hydrogen-bond acceptors (Lipinski definition) is 5. The molecule has 0 radical (unpaired) electrons. The van der Waals surface area contributed by atoms with Gasteiger partial charge in [-0.05, 0) is 12.0 Å². The zero-order chi connectivity index (χ0) is 17.9. The maximum Gasteiger partial charge on any atom is 0.326 e. The number of H-pyrrole nitrogens is 1. The Labute approximate surface area is 145 Å². The quantitative estimate of drug-likeness (QED) is 0.669. The van der Waals surface area contributed by atoms with Crippen molar-refractivity contribution in [3.63, 3.8) is 0 Å². The van der Waals surface area contributed by atoms with Crippen molar-refractivity contribution in [3.05, 3.63) is 18.0 Å². The van der Waals surface area contributed by atoms with Crippen LogP contribution in [0.25, 0.3) is 0 Å². The van der Waals surface area contributed by atoms with Crippen LogP contribution in [0, 0.1) is 5.92 Å². The third-order valence-electron chi connectivity index (χ3n) is 3.73. The molecule has 1 aromatic rings. The van der Waals surface area contributed by atoms with E-state index in [1.54, 1.807) is 25.6 Å². The summed E-state index contributed by atoms with van der Waals surface area (Å²) in [4.78, 5) is 25.9. The van der Waals surface area contributed by atoms with Gasteiger partial charge in [0.2, 0.25) is 10.0 Å². The normalized spacial score (nSPS) is 17.6. The molecule has 0 aromatic carbocycles. The summed E-state index contributed by atoms with van der Waals surface area (Å²) in [6, 6.07) is 0.200. The van der Waals surface area contributed by atoms with Crippen molar-refractivity contribution >= 4 is 33.7 Å². The molecule has 1 fully saturated rings. The van der Waals surface area contributed by atoms with E-state index >= 15 is 0 Å². The van der Waals surface area contributed by atoms with Gasteiger partial charge >= 0.3 is 5.97 Å². The van der Waals surface area contributed by atoms with Gasteiger partial charge in [-0.2, -0.15) is 16.1 Å². The molecule has 3 N–H and O–H groups in total. The van der Waals surface area contributed by atoms with Crippen LogP contribution in [0.15, 0.2) is 17.2 Å². The molecule has 1 aliphatic rings. The van der Waals surface area contributed by atoms with Crippen LogP contribution in [0.4, 0.5) is 0 Å². The van der Waals surface area contributed by atoms with Gasteiger partial charge in [-0.15, -0.1) is 0 Å². The molecule has 0 spiro atoms. The van der Waals surface area contributed by atoms with Crippen molar-refractivity contribution in [2.24, 2.45) is 5.92 Å². The Bertz CT molecular complexity index is 708. The first-order chi connectivity index (χ1) is 11.2. The highest BCUT2D eigenvalue weighted by Gasteiger charge is 2.29. The predicted molar refractivity (Wildman–Crippen MR) is 90.6 cm³/mol. The number of carboxylic acid groups (broad SMARTS) is 1. The van der Waals surface area contributed by atoms with Gasteiger partial charge in [0.25, 0.3) is 5.91 Å². The molecule has 1 aromatic heterocycles. The number of hydrogen-bond donors (Lipinski definition) is 3. The lowest BCUT2D eigenvalue weighted by Gasteiger charge is -2.24. The molecular formula is C14H21N3O5S2. The van der Waals surface area contributed by atoms with Gasteiger partial charge in [-0.1, -0.05) is 13.8 Å². The summed E-state index contributed by atoms with van der Waals surface area (Å²) in [6.07, 6.45) is 1.26. The molecule has 8 nitrogen and oxygen atoms in total. The zero-order valence-corrected chi connectivity index (χ0v) is 15.1. The van der Waals surface area contributed by atoms with Crippen molar-refractivity contribution in [1.29, 1.82) is 0 Å². The number of sulfonamides is 1. The minimum atomic E-state index is -3.64. The van der Waals surface area contributed by atoms with E-state index < -0.39 is 27.9 Å². The average Bonchev–Trinajstić information content (AvgIpc) is 3.03. The van der Waals surface area contributed by atoms with E-state index in [4.69, 9.17) is 5.11 Å². The minimum Gasteiger partial charge on any atom is -0.480 e. The fraction of sp³-hybridized carbons (Fsp3) is 0.571. The number of amides is 1. The number of thioether (sulfide) groups is 1. The molecular weight excluding hydrogens is 354 g/mol. The molecule has 0 aliphatic carbocycles. The Balaban J connectivity index is 2.14. The Morgan fingerprint density at radius 1 is 1.33 bits per heavy atom. The molecule has 2 heterocycles. The van der Waals surface area contributed by atoms with Crippen LogP contribution in [-0.2, 0) is 14.8 Å². The largest absolute Gasteiger partial charge is 0.480 e. The van der Waals surface area contributed by atoms with E-state index in [1.807, 2.05) is 0 Å². The molecule has 10 heteroatoms. The first kappa shape index (κ1) is 18.8. The van der Waals surface area contributed by atoms with E-state index in [0.717, 1.165) is 11.5 Å². The number of nitrogens with zero attached hydrogens (tertiary/aromatic N) is 1. The first-order valence-corrected chi connectivity index (χ1v) is 10.1. The van der Waals surface area contributed by atoms with Crippen molar-refractivity contribution in [2.45, 2.75) is 24.8 Å². The van der Waals surface area contributed by atoms with Crippen molar-refractivity contribution < 1.29 is 23.1 Å². The van der Waals surface area contributed by atoms with Gasteiger partial charge in [0.1, 0.15) is 16.6 Å². The topological polar surface area (TPSA) is 120 Å². The van der Waals surface area contributed by atoms with Crippen molar-refractivity contribution in [3.8, 4) is 0 Å². The molecule has 1 atom stereocenters. The molecule has 134 valence electrons. The number of nitrogens with one attached hydrogen (secondary N) is 2. The van der Waals surface area contributed by atoms with Gasteiger partial charge in [-0.25, -0.2) is 13.2 Å². The molecule has 1 unspecified atom stereocenters. The lowest BCUT2D eigenvalue weighted by molar-refractivity contribution is -0.140. The molecule has 2 rings (SSSR count). The van der Waals surface area contributed by atoms with Gasteiger partial charge in [0, 0.05) is 30.8 Å². The summed E-state index contributed by atoms with van der Waals surface area (Å²) in [7, 11) is -3.64. The first-order valence-electron chi connectivity index (χ1n) is 7.53. The summed E-state index contributed by atoms with van der Waals surface area (Å²) in [5.74, 6) is -0.594. The third kappa shape index (κ3) is 4.11. The second kappa shape index (κ2) is 7.58. The Morgan fingerprint density at radius 3 is 2.50 bits per heavy atom. The van der Waals surface area contributed by atoms with E-state index in [0.29, 0.717) is 13.1 Å². The van der Waals surface area contributed by atoms with E-state index in [-0.39, 0.29) is 16.5 Å². The second-order valence-corrected chi connectivity index (χ2v) is 8.96. The minimum absolute atomic E-state index is 0.0102. The highest BCUT2D eigenvalue weighted by molar-refractivity contribution is 7.99. The second-order valence-electron chi connectivity index (χ2n) is 5.80. The number of carbonyl (C=O) groups excluding carboxylic acids is 1. The van der Waals surface area contributed by atoms with Crippen LogP contribution >= 0.6 is 11.8 Å². The number of aliphatic carboxylic acids is 1. The van der Waals surface area contributed by atoms with E-state index in [9.17, 15) is 18.0 Å². The van der Waals surface area contributed by atoms with Crippen LogP contribution in [0.1, 0.15) is 24.3 Å². The SMILES string of the molecule is CC(C)C(NC(=O)c1cc(S(=O)(=O)N2CCSCC2)c[nH]1)C(=O)O. The van der Waals surface area contributed by atoms with Gasteiger partial charge in [0.15, 0.2) is 0 Å². The standard InChI is InChI=1S/C14H21N3O5S2/c1-9(2)12(14(19)20)16-13(18)11-7-10(8-15-11)24(21,22)17-3-5-23-6-4-17/h7-9,12,15H,3-6H2,1-2H3,(H,16,18)(H,19,20). The predicted octanol–water partition coefficient (Wildman–Crippen LogP) is 0.591. The Hall–Kier alpha value is -1.52. The molecule has 24 heavy (non-hydrogen) atoms. The van der Waals surface area contributed by atoms with Crippen LogP contribution < -0.4 is 5.32 Å². The Morgan fingerprint density at radius 2 is 1.96 bits per heavy atom. The van der Waals surface area contributed by atoms with Gasteiger partial charge in [0.05, 0.1) is 0 Å². The van der Waals surface area contributed by atoms with Crippen LogP contribution in [0.5, 0.6) is 0 Å². The molecule has 0 saturated carbocycles.